The number of aliphatic carboxylic acids is 1. The number of carboxylic acids is 1. The van der Waals surface area contributed by atoms with Crippen molar-refractivity contribution < 1.29 is 19.1 Å². The third kappa shape index (κ3) is 3.94. The van der Waals surface area contributed by atoms with E-state index in [1.807, 2.05) is 0 Å². The van der Waals surface area contributed by atoms with Crippen LogP contribution in [0.1, 0.15) is 26.3 Å². The van der Waals surface area contributed by atoms with Gasteiger partial charge in [0.1, 0.15) is 12.4 Å². The maximum Gasteiger partial charge on any atom is 0.323 e. The van der Waals surface area contributed by atoms with Crippen molar-refractivity contribution in [1.29, 1.82) is 0 Å². The maximum absolute atomic E-state index is 13.7. The highest BCUT2D eigenvalue weighted by Crippen LogP contribution is 2.21. The fourth-order valence-corrected chi connectivity index (χ4v) is 1.71. The van der Waals surface area contributed by atoms with Crippen LogP contribution in [0.25, 0.3) is 0 Å². The van der Waals surface area contributed by atoms with Crippen LogP contribution >= 0.6 is 0 Å². The van der Waals surface area contributed by atoms with Gasteiger partial charge in [-0.2, -0.15) is 0 Å². The molecular formula is C14H19FN2O3. The van der Waals surface area contributed by atoms with E-state index in [4.69, 9.17) is 5.11 Å². The van der Waals surface area contributed by atoms with Crippen LogP contribution in [-0.4, -0.2) is 34.1 Å². The van der Waals surface area contributed by atoms with Gasteiger partial charge >= 0.3 is 12.0 Å². The van der Waals surface area contributed by atoms with Crippen LogP contribution in [-0.2, 0) is 4.79 Å². The first kappa shape index (κ1) is 15.9. The Hall–Kier alpha value is -2.11. The van der Waals surface area contributed by atoms with Crippen LogP contribution in [0.4, 0.5) is 14.9 Å². The van der Waals surface area contributed by atoms with E-state index in [0.717, 1.165) is 4.90 Å². The molecule has 0 aliphatic carbocycles. The molecule has 1 aromatic carbocycles. The molecule has 0 aliphatic heterocycles. The number of rotatable bonds is 3. The molecule has 5 nitrogen and oxygen atoms in total. The largest absolute Gasteiger partial charge is 0.480 e. The molecule has 2 amide bonds. The molecule has 1 rings (SSSR count). The Bertz CT molecular complexity index is 503. The standard InChI is InChI=1S/C14H19FN2O3/c1-9-6-5-7-10(15)12(9)16-13(20)17(8-11(18)19)14(2,3)4/h5-7H,8H2,1-4H3,(H,16,20)(H,18,19). The molecule has 2 N–H and O–H groups in total. The summed E-state index contributed by atoms with van der Waals surface area (Å²) in [6.45, 7) is 6.34. The van der Waals surface area contributed by atoms with Crippen molar-refractivity contribution in [3.8, 4) is 0 Å². The summed E-state index contributed by atoms with van der Waals surface area (Å²) in [7, 11) is 0. The summed E-state index contributed by atoms with van der Waals surface area (Å²) in [5.74, 6) is -1.68. The number of halogens is 1. The van der Waals surface area contributed by atoms with Crippen molar-refractivity contribution >= 4 is 17.7 Å². The van der Waals surface area contributed by atoms with Crippen LogP contribution in [0.5, 0.6) is 0 Å². The molecule has 0 heterocycles. The van der Waals surface area contributed by atoms with Gasteiger partial charge in [0, 0.05) is 5.54 Å². The van der Waals surface area contributed by atoms with Gasteiger partial charge < -0.3 is 15.3 Å². The Balaban J connectivity index is 3.00. The predicted octanol–water partition coefficient (Wildman–Crippen LogP) is 2.85. The smallest absolute Gasteiger partial charge is 0.323 e. The first-order chi connectivity index (χ1) is 9.12. The lowest BCUT2D eigenvalue weighted by Crippen LogP contribution is -2.50. The number of nitrogens with zero attached hydrogens (tertiary/aromatic N) is 1. The van der Waals surface area contributed by atoms with Crippen LogP contribution in [0.2, 0.25) is 0 Å². The zero-order chi connectivity index (χ0) is 15.5. The zero-order valence-electron chi connectivity index (χ0n) is 12.0. The van der Waals surface area contributed by atoms with Gasteiger partial charge in [-0.3, -0.25) is 4.79 Å². The van der Waals surface area contributed by atoms with Crippen molar-refractivity contribution in [2.45, 2.75) is 33.2 Å². The summed E-state index contributed by atoms with van der Waals surface area (Å²) >= 11 is 0. The van der Waals surface area contributed by atoms with Gasteiger partial charge in [-0.15, -0.1) is 0 Å². The average Bonchev–Trinajstić information content (AvgIpc) is 2.29. The Kier molecular flexibility index (Phi) is 4.70. The first-order valence-corrected chi connectivity index (χ1v) is 6.18. The molecule has 0 radical (unpaired) electrons. The molecule has 0 aliphatic rings. The molecule has 110 valence electrons. The van der Waals surface area contributed by atoms with Gasteiger partial charge in [-0.1, -0.05) is 12.1 Å². The van der Waals surface area contributed by atoms with Crippen LogP contribution in [0.15, 0.2) is 18.2 Å². The number of anilines is 1. The van der Waals surface area contributed by atoms with Gasteiger partial charge in [0.05, 0.1) is 5.69 Å². The summed E-state index contributed by atoms with van der Waals surface area (Å²) in [5, 5.41) is 11.3. The Morgan fingerprint density at radius 1 is 1.35 bits per heavy atom. The minimum atomic E-state index is -1.12. The van der Waals surface area contributed by atoms with Gasteiger partial charge in [0.2, 0.25) is 0 Å². The summed E-state index contributed by atoms with van der Waals surface area (Å²) in [4.78, 5) is 24.2. The number of hydrogen-bond acceptors (Lipinski definition) is 2. The number of carbonyl (C=O) groups excluding carboxylic acids is 1. The molecule has 0 bridgehead atoms. The number of aryl methyl sites for hydroxylation is 1. The van der Waals surface area contributed by atoms with E-state index in [-0.39, 0.29) is 5.69 Å². The minimum absolute atomic E-state index is 0.0668. The number of benzene rings is 1. The fraction of sp³-hybridized carbons (Fsp3) is 0.429. The Morgan fingerprint density at radius 3 is 2.40 bits per heavy atom. The third-order valence-electron chi connectivity index (χ3n) is 2.80. The number of nitrogens with one attached hydrogen (secondary N) is 1. The predicted molar refractivity (Wildman–Crippen MR) is 74.3 cm³/mol. The number of urea groups is 1. The lowest BCUT2D eigenvalue weighted by Gasteiger charge is -2.34. The fourth-order valence-electron chi connectivity index (χ4n) is 1.71. The number of carboxylic acid groups (broad SMARTS) is 1. The molecule has 0 fully saturated rings. The first-order valence-electron chi connectivity index (χ1n) is 6.18. The Morgan fingerprint density at radius 2 is 1.95 bits per heavy atom. The normalized spacial score (nSPS) is 11.1. The van der Waals surface area contributed by atoms with Crippen LogP contribution in [0.3, 0.4) is 0 Å². The van der Waals surface area contributed by atoms with E-state index >= 15 is 0 Å². The van der Waals surface area contributed by atoms with Crippen LogP contribution in [0, 0.1) is 12.7 Å². The molecule has 1 aromatic rings. The average molecular weight is 282 g/mol. The lowest BCUT2D eigenvalue weighted by atomic mass is 10.1. The van der Waals surface area contributed by atoms with Crippen molar-refractivity contribution in [3.05, 3.63) is 29.6 Å². The van der Waals surface area contributed by atoms with Crippen LogP contribution < -0.4 is 5.32 Å². The van der Waals surface area contributed by atoms with E-state index < -0.39 is 29.9 Å². The highest BCUT2D eigenvalue weighted by atomic mass is 19.1. The second kappa shape index (κ2) is 5.90. The Labute approximate surface area is 117 Å². The summed E-state index contributed by atoms with van der Waals surface area (Å²) in [5.41, 5.74) is -0.0542. The third-order valence-corrected chi connectivity index (χ3v) is 2.80. The summed E-state index contributed by atoms with van der Waals surface area (Å²) < 4.78 is 13.7. The SMILES string of the molecule is Cc1cccc(F)c1NC(=O)N(CC(=O)O)C(C)(C)C. The molecule has 0 saturated heterocycles. The lowest BCUT2D eigenvalue weighted by molar-refractivity contribution is -0.138. The maximum atomic E-state index is 13.7. The van der Waals surface area contributed by atoms with Gasteiger partial charge in [-0.05, 0) is 39.3 Å². The molecular weight excluding hydrogens is 263 g/mol. The molecule has 6 heteroatoms. The topological polar surface area (TPSA) is 69.6 Å². The van der Waals surface area contributed by atoms with Crippen molar-refractivity contribution in [2.24, 2.45) is 0 Å². The highest BCUT2D eigenvalue weighted by Gasteiger charge is 2.29. The van der Waals surface area contributed by atoms with E-state index in [0.29, 0.717) is 5.56 Å². The second-order valence-electron chi connectivity index (χ2n) is 5.51. The number of amides is 2. The van der Waals surface area contributed by atoms with Crippen molar-refractivity contribution in [3.63, 3.8) is 0 Å². The zero-order valence-corrected chi connectivity index (χ0v) is 12.0. The summed E-state index contributed by atoms with van der Waals surface area (Å²) in [6, 6.07) is 3.80. The number of carbonyl (C=O) groups is 2. The van der Waals surface area contributed by atoms with Crippen molar-refractivity contribution in [2.75, 3.05) is 11.9 Å². The number of para-hydroxylation sites is 1. The van der Waals surface area contributed by atoms with E-state index in [1.165, 1.54) is 6.07 Å². The van der Waals surface area contributed by atoms with E-state index in [9.17, 15) is 14.0 Å². The van der Waals surface area contributed by atoms with Gasteiger partial charge in [0.25, 0.3) is 0 Å². The molecule has 0 unspecified atom stereocenters. The molecule has 0 atom stereocenters. The molecule has 20 heavy (non-hydrogen) atoms. The van der Waals surface area contributed by atoms with Gasteiger partial charge in [0.15, 0.2) is 0 Å². The van der Waals surface area contributed by atoms with Crippen molar-refractivity contribution in [1.82, 2.24) is 4.90 Å². The molecule has 0 aromatic heterocycles. The monoisotopic (exact) mass is 282 g/mol. The van der Waals surface area contributed by atoms with E-state index in [2.05, 4.69) is 5.32 Å². The molecule has 0 saturated carbocycles. The van der Waals surface area contributed by atoms with E-state index in [1.54, 1.807) is 39.8 Å². The second-order valence-corrected chi connectivity index (χ2v) is 5.51. The minimum Gasteiger partial charge on any atom is -0.480 e. The quantitative estimate of drug-likeness (QED) is 0.895. The highest BCUT2D eigenvalue weighted by molar-refractivity contribution is 5.92. The number of hydrogen-bond donors (Lipinski definition) is 2. The van der Waals surface area contributed by atoms with Gasteiger partial charge in [-0.25, -0.2) is 9.18 Å². The molecule has 0 spiro atoms. The summed E-state index contributed by atoms with van der Waals surface area (Å²) in [6.07, 6.45) is 0.